The molecular weight excluding hydrogens is 424 g/mol. The second-order valence-corrected chi connectivity index (χ2v) is 7.78. The van der Waals surface area contributed by atoms with E-state index < -0.39 is 6.04 Å². The molecule has 0 heterocycles. The Labute approximate surface area is 194 Å². The Morgan fingerprint density at radius 1 is 0.969 bits per heavy atom. The number of carbonyl (C=O) groups excluding carboxylic acids is 2. The molecule has 0 saturated carbocycles. The zero-order chi connectivity index (χ0) is 22.9. The molecule has 0 radical (unpaired) electrons. The predicted octanol–water partition coefficient (Wildman–Crippen LogP) is 5.14. The predicted molar refractivity (Wildman–Crippen MR) is 126 cm³/mol. The third-order valence-electron chi connectivity index (χ3n) is 5.21. The maximum Gasteiger partial charge on any atom is 0.247 e. The van der Waals surface area contributed by atoms with Crippen molar-refractivity contribution in [2.75, 3.05) is 7.11 Å². The highest BCUT2D eigenvalue weighted by Crippen LogP contribution is 2.26. The van der Waals surface area contributed by atoms with Crippen LogP contribution in [0.3, 0.4) is 0 Å². The highest BCUT2D eigenvalue weighted by molar-refractivity contribution is 6.30. The Bertz CT molecular complexity index is 1040. The average Bonchev–Trinajstić information content (AvgIpc) is 2.84. The first-order chi connectivity index (χ1) is 15.5. The molecule has 0 fully saturated rings. The van der Waals surface area contributed by atoms with Gasteiger partial charge in [0.25, 0.3) is 0 Å². The van der Waals surface area contributed by atoms with Crippen LogP contribution in [0, 0.1) is 0 Å². The molecule has 1 N–H and O–H groups in total. The van der Waals surface area contributed by atoms with E-state index in [1.54, 1.807) is 31.1 Å². The van der Waals surface area contributed by atoms with E-state index in [1.807, 2.05) is 66.7 Å². The maximum atomic E-state index is 13.5. The summed E-state index contributed by atoms with van der Waals surface area (Å²) in [6, 6.07) is 23.4. The number of halogens is 1. The van der Waals surface area contributed by atoms with E-state index >= 15 is 0 Å². The molecule has 2 amide bonds. The van der Waals surface area contributed by atoms with Crippen LogP contribution < -0.4 is 10.1 Å². The zero-order valence-corrected chi connectivity index (χ0v) is 19.0. The monoisotopic (exact) mass is 450 g/mol. The molecule has 5 nitrogen and oxygen atoms in total. The second kappa shape index (κ2) is 11.3. The smallest absolute Gasteiger partial charge is 0.247 e. The normalized spacial score (nSPS) is 11.5. The van der Waals surface area contributed by atoms with Crippen molar-refractivity contribution in [2.45, 2.75) is 32.5 Å². The Balaban J connectivity index is 1.91. The fourth-order valence-corrected chi connectivity index (χ4v) is 3.68. The van der Waals surface area contributed by atoms with Crippen LogP contribution in [0.15, 0.2) is 78.9 Å². The number of carbonyl (C=O) groups is 2. The number of methoxy groups -OCH3 is 1. The van der Waals surface area contributed by atoms with Crippen LogP contribution in [0.25, 0.3) is 0 Å². The summed E-state index contributed by atoms with van der Waals surface area (Å²) in [5, 5.41) is 3.61. The summed E-state index contributed by atoms with van der Waals surface area (Å²) >= 11 is 6.02. The van der Waals surface area contributed by atoms with Gasteiger partial charge in [-0.15, -0.1) is 0 Å². The molecule has 3 aromatic carbocycles. The average molecular weight is 451 g/mol. The number of para-hydroxylation sites is 1. The molecule has 0 bridgehead atoms. The summed E-state index contributed by atoms with van der Waals surface area (Å²) in [5.74, 6) is 0.339. The molecule has 1 atom stereocenters. The van der Waals surface area contributed by atoms with E-state index in [2.05, 4.69) is 5.32 Å². The molecule has 166 valence electrons. The second-order valence-electron chi connectivity index (χ2n) is 7.34. The van der Waals surface area contributed by atoms with Crippen molar-refractivity contribution in [1.29, 1.82) is 0 Å². The number of hydrogen-bond donors (Lipinski definition) is 1. The van der Waals surface area contributed by atoms with Gasteiger partial charge in [-0.05, 0) is 29.3 Å². The first-order valence-corrected chi connectivity index (χ1v) is 10.9. The van der Waals surface area contributed by atoms with Crippen molar-refractivity contribution in [3.8, 4) is 5.75 Å². The number of amides is 2. The van der Waals surface area contributed by atoms with Crippen LogP contribution in [0.1, 0.15) is 36.1 Å². The fourth-order valence-electron chi connectivity index (χ4n) is 3.55. The van der Waals surface area contributed by atoms with Crippen molar-refractivity contribution < 1.29 is 14.3 Å². The van der Waals surface area contributed by atoms with E-state index in [9.17, 15) is 9.59 Å². The van der Waals surface area contributed by atoms with E-state index in [4.69, 9.17) is 16.3 Å². The van der Waals surface area contributed by atoms with Crippen LogP contribution in [-0.4, -0.2) is 23.8 Å². The lowest BCUT2D eigenvalue weighted by molar-refractivity contribution is -0.141. The molecule has 3 rings (SSSR count). The Kier molecular flexibility index (Phi) is 8.28. The van der Waals surface area contributed by atoms with Crippen LogP contribution >= 0.6 is 11.6 Å². The van der Waals surface area contributed by atoms with Crippen molar-refractivity contribution in [1.82, 2.24) is 10.2 Å². The van der Waals surface area contributed by atoms with Crippen molar-refractivity contribution in [3.05, 3.63) is 101 Å². The van der Waals surface area contributed by atoms with Gasteiger partial charge < -0.3 is 15.0 Å². The number of rotatable bonds is 9. The largest absolute Gasteiger partial charge is 0.496 e. The van der Waals surface area contributed by atoms with Crippen molar-refractivity contribution >= 4 is 23.4 Å². The topological polar surface area (TPSA) is 58.6 Å². The van der Waals surface area contributed by atoms with Crippen molar-refractivity contribution in [3.63, 3.8) is 0 Å². The van der Waals surface area contributed by atoms with E-state index in [0.717, 1.165) is 16.7 Å². The number of ether oxygens (including phenoxy) is 1. The molecule has 0 aliphatic carbocycles. The molecule has 0 aliphatic rings. The Hall–Kier alpha value is -3.31. The minimum absolute atomic E-state index is 0.110. The Morgan fingerprint density at radius 3 is 2.28 bits per heavy atom. The summed E-state index contributed by atoms with van der Waals surface area (Å²) in [6.07, 6.45) is 0.288. The molecule has 0 aromatic heterocycles. The minimum atomic E-state index is -0.769. The third kappa shape index (κ3) is 5.89. The van der Waals surface area contributed by atoms with Crippen LogP contribution in [0.4, 0.5) is 0 Å². The summed E-state index contributed by atoms with van der Waals surface area (Å²) in [7, 11) is 1.60. The van der Waals surface area contributed by atoms with Gasteiger partial charge >= 0.3 is 0 Å². The van der Waals surface area contributed by atoms with Crippen LogP contribution in [-0.2, 0) is 22.7 Å². The Morgan fingerprint density at radius 2 is 1.62 bits per heavy atom. The van der Waals surface area contributed by atoms with Crippen molar-refractivity contribution in [2.24, 2.45) is 0 Å². The lowest BCUT2D eigenvalue weighted by Gasteiger charge is -2.31. The summed E-state index contributed by atoms with van der Waals surface area (Å²) in [4.78, 5) is 28.1. The van der Waals surface area contributed by atoms with E-state index in [1.165, 1.54) is 0 Å². The van der Waals surface area contributed by atoms with Crippen LogP contribution in [0.2, 0.25) is 5.02 Å². The lowest BCUT2D eigenvalue weighted by Crippen LogP contribution is -2.43. The maximum absolute atomic E-state index is 13.5. The highest BCUT2D eigenvalue weighted by atomic mass is 35.5. The van der Waals surface area contributed by atoms with Gasteiger partial charge in [-0.2, -0.15) is 0 Å². The number of hydrogen-bond acceptors (Lipinski definition) is 3. The van der Waals surface area contributed by atoms with Gasteiger partial charge in [-0.3, -0.25) is 9.59 Å². The number of benzene rings is 3. The minimum Gasteiger partial charge on any atom is -0.496 e. The van der Waals surface area contributed by atoms with Crippen LogP contribution in [0.5, 0.6) is 5.75 Å². The molecule has 32 heavy (non-hydrogen) atoms. The third-order valence-corrected chi connectivity index (χ3v) is 5.46. The molecule has 3 aromatic rings. The van der Waals surface area contributed by atoms with Gasteiger partial charge in [0.2, 0.25) is 11.8 Å². The van der Waals surface area contributed by atoms with Gasteiger partial charge in [0.15, 0.2) is 0 Å². The van der Waals surface area contributed by atoms with Gasteiger partial charge in [0.05, 0.1) is 7.11 Å². The molecule has 0 spiro atoms. The first-order valence-electron chi connectivity index (χ1n) is 10.5. The quantitative estimate of drug-likeness (QED) is 0.490. The van der Waals surface area contributed by atoms with Gasteiger partial charge in [0.1, 0.15) is 11.8 Å². The fraction of sp³-hybridized carbons (Fsp3) is 0.231. The SMILES string of the molecule is CCC(=O)N(Cc1ccc(Cl)cc1)C(C(=O)NCc1ccccc1OC)c1ccccc1. The molecule has 0 aliphatic heterocycles. The summed E-state index contributed by atoms with van der Waals surface area (Å²) in [5.41, 5.74) is 2.51. The zero-order valence-electron chi connectivity index (χ0n) is 18.3. The molecule has 1 unspecified atom stereocenters. The van der Waals surface area contributed by atoms with Gasteiger partial charge in [-0.1, -0.05) is 79.2 Å². The summed E-state index contributed by atoms with van der Waals surface area (Å²) < 4.78 is 5.39. The molecular formula is C26H27ClN2O3. The van der Waals surface area contributed by atoms with E-state index in [0.29, 0.717) is 23.9 Å². The van der Waals surface area contributed by atoms with Gasteiger partial charge in [-0.25, -0.2) is 0 Å². The molecule has 6 heteroatoms. The summed E-state index contributed by atoms with van der Waals surface area (Å²) in [6.45, 7) is 2.39. The lowest BCUT2D eigenvalue weighted by atomic mass is 10.0. The number of nitrogens with zero attached hydrogens (tertiary/aromatic N) is 1. The van der Waals surface area contributed by atoms with Gasteiger partial charge in [0, 0.05) is 30.1 Å². The highest BCUT2D eigenvalue weighted by Gasteiger charge is 2.30. The standard InChI is InChI=1S/C26H27ClN2O3/c1-3-24(30)29(18-19-13-15-22(27)16-14-19)25(20-9-5-4-6-10-20)26(31)28-17-21-11-7-8-12-23(21)32-2/h4-16,25H,3,17-18H2,1-2H3,(H,28,31). The molecule has 0 saturated heterocycles. The number of nitrogens with one attached hydrogen (secondary N) is 1. The first kappa shape index (κ1) is 23.4. The van der Waals surface area contributed by atoms with E-state index in [-0.39, 0.29) is 18.2 Å².